The number of hydrogen-bond donors (Lipinski definition) is 0. The summed E-state index contributed by atoms with van der Waals surface area (Å²) < 4.78 is 73.3. The normalized spacial score (nSPS) is 21.8. The standard InChI is InChI=1S/C31H26F5NO4/c32-30(33,34)31(35,36)41-22-13-9-18(10-14-22)28(38)19-15-20-11-12-21(16-19)37(20)29(39)40-17-27-25-7-3-1-5-23(25)24-6-2-4-8-26(24)27/h1-10,13-14,19-21,27H,11-12,15-17H2. The number of ketones is 1. The number of nitrogens with zero attached hydrogens (tertiary/aromatic N) is 1. The number of ether oxygens (including phenoxy) is 2. The molecule has 0 saturated carbocycles. The van der Waals surface area contributed by atoms with Crippen molar-refractivity contribution in [3.8, 4) is 16.9 Å². The van der Waals surface area contributed by atoms with E-state index >= 15 is 0 Å². The molecule has 214 valence electrons. The van der Waals surface area contributed by atoms with Crippen molar-refractivity contribution in [1.82, 2.24) is 4.90 Å². The minimum atomic E-state index is -5.86. The molecule has 41 heavy (non-hydrogen) atoms. The van der Waals surface area contributed by atoms with E-state index in [1.165, 1.54) is 12.1 Å². The van der Waals surface area contributed by atoms with Gasteiger partial charge in [-0.2, -0.15) is 22.0 Å². The van der Waals surface area contributed by atoms with Gasteiger partial charge >= 0.3 is 18.4 Å². The van der Waals surface area contributed by atoms with E-state index in [4.69, 9.17) is 4.74 Å². The molecule has 5 nitrogen and oxygen atoms in total. The van der Waals surface area contributed by atoms with Crippen LogP contribution >= 0.6 is 0 Å². The summed E-state index contributed by atoms with van der Waals surface area (Å²) in [6.45, 7) is 0.201. The van der Waals surface area contributed by atoms with Crippen LogP contribution in [-0.2, 0) is 4.74 Å². The largest absolute Gasteiger partial charge is 0.499 e. The maximum absolute atomic E-state index is 13.3. The first-order valence-corrected chi connectivity index (χ1v) is 13.4. The van der Waals surface area contributed by atoms with E-state index in [-0.39, 0.29) is 36.0 Å². The monoisotopic (exact) mass is 571 g/mol. The molecule has 2 aliphatic heterocycles. The smallest absolute Gasteiger partial charge is 0.448 e. The van der Waals surface area contributed by atoms with Gasteiger partial charge in [-0.15, -0.1) is 0 Å². The van der Waals surface area contributed by atoms with Gasteiger partial charge < -0.3 is 14.4 Å². The lowest BCUT2D eigenvalue weighted by atomic mass is 9.85. The Balaban J connectivity index is 1.09. The molecule has 3 aromatic carbocycles. The Bertz CT molecular complexity index is 1410. The first kappa shape index (κ1) is 27.2. The third-order valence-electron chi connectivity index (χ3n) is 8.37. The van der Waals surface area contributed by atoms with Gasteiger partial charge in [-0.05, 0) is 72.2 Å². The van der Waals surface area contributed by atoms with E-state index in [0.717, 1.165) is 47.2 Å². The van der Waals surface area contributed by atoms with Crippen LogP contribution < -0.4 is 4.74 Å². The fourth-order valence-corrected chi connectivity index (χ4v) is 6.49. The minimum Gasteiger partial charge on any atom is -0.448 e. The van der Waals surface area contributed by atoms with Gasteiger partial charge in [0, 0.05) is 29.5 Å². The van der Waals surface area contributed by atoms with Crippen LogP contribution in [0.4, 0.5) is 26.7 Å². The van der Waals surface area contributed by atoms with Crippen LogP contribution in [0, 0.1) is 5.92 Å². The van der Waals surface area contributed by atoms with Gasteiger partial charge in [-0.1, -0.05) is 48.5 Å². The van der Waals surface area contributed by atoms with Gasteiger partial charge in [0.05, 0.1) is 0 Å². The van der Waals surface area contributed by atoms with Gasteiger partial charge in [-0.25, -0.2) is 4.79 Å². The molecule has 2 bridgehead atoms. The molecule has 2 atom stereocenters. The second-order valence-electron chi connectivity index (χ2n) is 10.8. The number of rotatable bonds is 6. The maximum atomic E-state index is 13.3. The number of Topliss-reactive ketones (excluding diaryl/α,β-unsaturated/α-hetero) is 1. The average molecular weight is 572 g/mol. The van der Waals surface area contributed by atoms with Crippen LogP contribution in [0.2, 0.25) is 0 Å². The summed E-state index contributed by atoms with van der Waals surface area (Å²) in [7, 11) is 0. The maximum Gasteiger partial charge on any atom is 0.499 e. The molecule has 6 rings (SSSR count). The molecule has 0 radical (unpaired) electrons. The number of carbonyl (C=O) groups excluding carboxylic acids is 2. The molecule has 0 aromatic heterocycles. The Hall–Kier alpha value is -3.95. The molecule has 0 spiro atoms. The van der Waals surface area contributed by atoms with Crippen LogP contribution in [0.3, 0.4) is 0 Å². The summed E-state index contributed by atoms with van der Waals surface area (Å²) in [5.41, 5.74) is 4.70. The molecule has 2 saturated heterocycles. The first-order valence-electron chi connectivity index (χ1n) is 13.4. The zero-order chi connectivity index (χ0) is 28.9. The third kappa shape index (κ3) is 4.93. The number of alkyl halides is 5. The first-order chi connectivity index (χ1) is 19.5. The highest BCUT2D eigenvalue weighted by Gasteiger charge is 2.61. The van der Waals surface area contributed by atoms with E-state index in [0.29, 0.717) is 12.8 Å². The van der Waals surface area contributed by atoms with Crippen LogP contribution in [0.1, 0.15) is 53.1 Å². The lowest BCUT2D eigenvalue weighted by Crippen LogP contribution is -2.48. The summed E-state index contributed by atoms with van der Waals surface area (Å²) in [6, 6.07) is 20.0. The Morgan fingerprint density at radius 1 is 0.780 bits per heavy atom. The molecule has 2 unspecified atom stereocenters. The fourth-order valence-electron chi connectivity index (χ4n) is 6.49. The van der Waals surface area contributed by atoms with E-state index in [9.17, 15) is 31.5 Å². The van der Waals surface area contributed by atoms with Crippen LogP contribution in [-0.4, -0.2) is 47.8 Å². The van der Waals surface area contributed by atoms with Crippen molar-refractivity contribution in [1.29, 1.82) is 0 Å². The van der Waals surface area contributed by atoms with Crippen molar-refractivity contribution in [2.45, 2.75) is 56.0 Å². The number of carbonyl (C=O) groups is 2. The molecular formula is C31H26F5NO4. The van der Waals surface area contributed by atoms with Crippen LogP contribution in [0.15, 0.2) is 72.8 Å². The SMILES string of the molecule is O=C(c1ccc(OC(F)(F)C(F)(F)F)cc1)C1CC2CCC(C1)N2C(=O)OCC1c2ccccc2-c2ccccc21. The predicted molar refractivity (Wildman–Crippen MR) is 139 cm³/mol. The summed E-state index contributed by atoms with van der Waals surface area (Å²) >= 11 is 0. The zero-order valence-electron chi connectivity index (χ0n) is 21.7. The van der Waals surface area contributed by atoms with Gasteiger partial charge in [-0.3, -0.25) is 4.79 Å². The minimum absolute atomic E-state index is 0.0637. The van der Waals surface area contributed by atoms with E-state index in [1.54, 1.807) is 4.90 Å². The Morgan fingerprint density at radius 3 is 1.85 bits per heavy atom. The second kappa shape index (κ2) is 10.2. The lowest BCUT2D eigenvalue weighted by molar-refractivity contribution is -0.360. The lowest BCUT2D eigenvalue weighted by Gasteiger charge is -2.37. The number of amides is 1. The number of fused-ring (bicyclic) bond motifs is 5. The highest BCUT2D eigenvalue weighted by molar-refractivity contribution is 5.98. The van der Waals surface area contributed by atoms with Gasteiger partial charge in [0.1, 0.15) is 12.4 Å². The van der Waals surface area contributed by atoms with E-state index < -0.39 is 30.0 Å². The van der Waals surface area contributed by atoms with Gasteiger partial charge in [0.25, 0.3) is 0 Å². The molecular weight excluding hydrogens is 545 g/mol. The average Bonchev–Trinajstić information content (AvgIpc) is 3.41. The molecule has 2 heterocycles. The predicted octanol–water partition coefficient (Wildman–Crippen LogP) is 7.60. The third-order valence-corrected chi connectivity index (χ3v) is 8.37. The van der Waals surface area contributed by atoms with Crippen LogP contribution in [0.5, 0.6) is 5.75 Å². The summed E-state index contributed by atoms with van der Waals surface area (Å²) in [5.74, 6) is -1.42. The van der Waals surface area contributed by atoms with Crippen LogP contribution in [0.25, 0.3) is 11.1 Å². The van der Waals surface area contributed by atoms with Crippen molar-refractivity contribution in [3.05, 3.63) is 89.5 Å². The Kier molecular flexibility index (Phi) is 6.74. The second-order valence-corrected chi connectivity index (χ2v) is 10.8. The molecule has 10 heteroatoms. The topological polar surface area (TPSA) is 55.8 Å². The molecule has 1 amide bonds. The Labute approximate surface area is 232 Å². The fraction of sp³-hybridized carbons (Fsp3) is 0.355. The Morgan fingerprint density at radius 2 is 1.32 bits per heavy atom. The van der Waals surface area contributed by atoms with E-state index in [2.05, 4.69) is 29.0 Å². The zero-order valence-corrected chi connectivity index (χ0v) is 21.7. The highest BCUT2D eigenvalue weighted by atomic mass is 19.4. The quantitative estimate of drug-likeness (QED) is 0.226. The van der Waals surface area contributed by atoms with Gasteiger partial charge in [0.15, 0.2) is 5.78 Å². The van der Waals surface area contributed by atoms with Crippen molar-refractivity contribution in [2.75, 3.05) is 6.61 Å². The number of piperidine rings is 1. The summed E-state index contributed by atoms with van der Waals surface area (Å²) in [4.78, 5) is 28.2. The molecule has 0 N–H and O–H groups in total. The van der Waals surface area contributed by atoms with Crippen molar-refractivity contribution in [2.24, 2.45) is 5.92 Å². The summed E-state index contributed by atoms with van der Waals surface area (Å²) in [6.07, 6.45) is -9.30. The summed E-state index contributed by atoms with van der Waals surface area (Å²) in [5, 5.41) is 0. The molecule has 3 aliphatic rings. The molecule has 3 aromatic rings. The molecule has 2 fully saturated rings. The van der Waals surface area contributed by atoms with Crippen molar-refractivity contribution in [3.63, 3.8) is 0 Å². The molecule has 1 aliphatic carbocycles. The number of halogens is 5. The van der Waals surface area contributed by atoms with Crippen molar-refractivity contribution < 1.29 is 41.0 Å². The highest BCUT2D eigenvalue weighted by Crippen LogP contribution is 2.45. The van der Waals surface area contributed by atoms with E-state index in [1.807, 2.05) is 24.3 Å². The number of hydrogen-bond acceptors (Lipinski definition) is 4. The van der Waals surface area contributed by atoms with Crippen molar-refractivity contribution >= 4 is 11.9 Å². The van der Waals surface area contributed by atoms with Gasteiger partial charge in [0.2, 0.25) is 0 Å². The number of benzene rings is 3.